The third-order valence-corrected chi connectivity index (χ3v) is 2.54. The molecule has 0 atom stereocenters. The van der Waals surface area contributed by atoms with Crippen molar-refractivity contribution in [2.75, 3.05) is 13.6 Å². The fourth-order valence-electron chi connectivity index (χ4n) is 1.28. The number of benzene rings is 1. The number of hydrogen-bond acceptors (Lipinski definition) is 1. The Morgan fingerprint density at radius 3 is 2.59 bits per heavy atom. The van der Waals surface area contributed by atoms with E-state index in [0.717, 1.165) is 29.5 Å². The van der Waals surface area contributed by atoms with E-state index in [1.807, 2.05) is 24.3 Å². The Kier molecular flexibility index (Phi) is 9.26. The van der Waals surface area contributed by atoms with Crippen molar-refractivity contribution in [2.24, 2.45) is 4.99 Å². The van der Waals surface area contributed by atoms with Gasteiger partial charge in [0.2, 0.25) is 0 Å². The Morgan fingerprint density at radius 2 is 2.00 bits per heavy atom. The standard InChI is InChI=1S/C12H18ClN3.HI/c1-3-8-15-12(14-2)16-9-10-6-4-5-7-11(10)13;/h4-7H,3,8-9H2,1-2H3,(H2,14,15,16);1H. The molecular weight excluding hydrogens is 349 g/mol. The molecule has 0 fully saturated rings. The molecule has 0 saturated carbocycles. The predicted molar refractivity (Wildman–Crippen MR) is 85.4 cm³/mol. The molecule has 3 nitrogen and oxygen atoms in total. The molecule has 0 aromatic heterocycles. The number of nitrogens with zero attached hydrogens (tertiary/aromatic N) is 1. The Morgan fingerprint density at radius 1 is 1.29 bits per heavy atom. The van der Waals surface area contributed by atoms with Gasteiger partial charge in [0.25, 0.3) is 0 Å². The minimum Gasteiger partial charge on any atom is -0.356 e. The summed E-state index contributed by atoms with van der Waals surface area (Å²) in [5.41, 5.74) is 1.07. The molecule has 5 heteroatoms. The van der Waals surface area contributed by atoms with E-state index in [1.165, 1.54) is 0 Å². The van der Waals surface area contributed by atoms with Crippen molar-refractivity contribution in [3.05, 3.63) is 34.9 Å². The molecule has 0 unspecified atom stereocenters. The minimum atomic E-state index is 0. The van der Waals surface area contributed by atoms with Gasteiger partial charge in [-0.25, -0.2) is 0 Å². The lowest BCUT2D eigenvalue weighted by molar-refractivity contribution is 0.781. The van der Waals surface area contributed by atoms with Crippen molar-refractivity contribution >= 4 is 41.5 Å². The Hall–Kier alpha value is -0.490. The van der Waals surface area contributed by atoms with E-state index in [9.17, 15) is 0 Å². The molecule has 17 heavy (non-hydrogen) atoms. The average Bonchev–Trinajstić information content (AvgIpc) is 2.31. The van der Waals surface area contributed by atoms with Gasteiger partial charge < -0.3 is 10.6 Å². The highest BCUT2D eigenvalue weighted by molar-refractivity contribution is 14.0. The van der Waals surface area contributed by atoms with Crippen molar-refractivity contribution in [2.45, 2.75) is 19.9 Å². The fourth-order valence-corrected chi connectivity index (χ4v) is 1.49. The van der Waals surface area contributed by atoms with Gasteiger partial charge in [0.15, 0.2) is 5.96 Å². The first-order valence-corrected chi connectivity index (χ1v) is 5.83. The van der Waals surface area contributed by atoms with Gasteiger partial charge in [0.05, 0.1) is 0 Å². The number of halogens is 2. The van der Waals surface area contributed by atoms with Crippen LogP contribution in [0.15, 0.2) is 29.3 Å². The average molecular weight is 368 g/mol. The van der Waals surface area contributed by atoms with E-state index >= 15 is 0 Å². The van der Waals surface area contributed by atoms with E-state index in [2.05, 4.69) is 22.5 Å². The third kappa shape index (κ3) is 6.12. The van der Waals surface area contributed by atoms with Crippen LogP contribution in [0, 0.1) is 0 Å². The van der Waals surface area contributed by atoms with Crippen LogP contribution < -0.4 is 10.6 Å². The summed E-state index contributed by atoms with van der Waals surface area (Å²) >= 11 is 6.05. The smallest absolute Gasteiger partial charge is 0.191 e. The van der Waals surface area contributed by atoms with E-state index in [4.69, 9.17) is 11.6 Å². The molecule has 2 N–H and O–H groups in total. The van der Waals surface area contributed by atoms with Crippen molar-refractivity contribution in [3.63, 3.8) is 0 Å². The van der Waals surface area contributed by atoms with Gasteiger partial charge in [-0.2, -0.15) is 0 Å². The second-order valence-electron chi connectivity index (χ2n) is 3.44. The molecule has 1 aromatic carbocycles. The van der Waals surface area contributed by atoms with Crippen LogP contribution in [0.25, 0.3) is 0 Å². The summed E-state index contributed by atoms with van der Waals surface area (Å²) < 4.78 is 0. The lowest BCUT2D eigenvalue weighted by Crippen LogP contribution is -2.37. The third-order valence-electron chi connectivity index (χ3n) is 2.17. The van der Waals surface area contributed by atoms with Crippen LogP contribution in [0.3, 0.4) is 0 Å². The fraction of sp³-hybridized carbons (Fsp3) is 0.417. The van der Waals surface area contributed by atoms with Crippen LogP contribution in [0.4, 0.5) is 0 Å². The van der Waals surface area contributed by atoms with Gasteiger partial charge in [-0.05, 0) is 18.1 Å². The molecule has 1 aromatic rings. The molecular formula is C12H19ClIN3. The number of aliphatic imine (C=N–C) groups is 1. The molecule has 0 aliphatic rings. The van der Waals surface area contributed by atoms with E-state index in [1.54, 1.807) is 7.05 Å². The summed E-state index contributed by atoms with van der Waals surface area (Å²) in [5.74, 6) is 0.807. The van der Waals surface area contributed by atoms with Crippen molar-refractivity contribution in [1.29, 1.82) is 0 Å². The van der Waals surface area contributed by atoms with Gasteiger partial charge in [-0.1, -0.05) is 36.7 Å². The van der Waals surface area contributed by atoms with Crippen LogP contribution in [0.1, 0.15) is 18.9 Å². The Labute approximate surface area is 125 Å². The van der Waals surface area contributed by atoms with Crippen LogP contribution in [-0.2, 0) is 6.54 Å². The zero-order valence-electron chi connectivity index (χ0n) is 10.2. The molecule has 0 spiro atoms. The molecule has 0 aliphatic carbocycles. The van der Waals surface area contributed by atoms with Crippen LogP contribution in [-0.4, -0.2) is 19.6 Å². The summed E-state index contributed by atoms with van der Waals surface area (Å²) in [7, 11) is 1.76. The van der Waals surface area contributed by atoms with Gasteiger partial charge in [0.1, 0.15) is 0 Å². The maximum absolute atomic E-state index is 6.05. The second-order valence-corrected chi connectivity index (χ2v) is 3.85. The SMILES string of the molecule is CCCNC(=NC)NCc1ccccc1Cl.I. The molecule has 1 rings (SSSR count). The number of guanidine groups is 1. The maximum Gasteiger partial charge on any atom is 0.191 e. The van der Waals surface area contributed by atoms with Gasteiger partial charge >= 0.3 is 0 Å². The first-order valence-electron chi connectivity index (χ1n) is 5.45. The van der Waals surface area contributed by atoms with E-state index in [0.29, 0.717) is 6.54 Å². The zero-order valence-corrected chi connectivity index (χ0v) is 13.3. The van der Waals surface area contributed by atoms with Crippen LogP contribution in [0.2, 0.25) is 5.02 Å². The summed E-state index contributed by atoms with van der Waals surface area (Å²) in [4.78, 5) is 4.12. The molecule has 0 aliphatic heterocycles. The lowest BCUT2D eigenvalue weighted by atomic mass is 10.2. The highest BCUT2D eigenvalue weighted by Gasteiger charge is 2.00. The first kappa shape index (κ1) is 16.5. The van der Waals surface area contributed by atoms with Gasteiger partial charge in [-0.15, -0.1) is 24.0 Å². The Balaban J connectivity index is 0.00000256. The van der Waals surface area contributed by atoms with E-state index in [-0.39, 0.29) is 24.0 Å². The lowest BCUT2D eigenvalue weighted by Gasteiger charge is -2.11. The summed E-state index contributed by atoms with van der Waals surface area (Å²) in [6.45, 7) is 3.72. The monoisotopic (exact) mass is 367 g/mol. The highest BCUT2D eigenvalue weighted by atomic mass is 127. The summed E-state index contributed by atoms with van der Waals surface area (Å²) in [6.07, 6.45) is 1.08. The van der Waals surface area contributed by atoms with Crippen molar-refractivity contribution in [3.8, 4) is 0 Å². The topological polar surface area (TPSA) is 36.4 Å². The predicted octanol–water partition coefficient (Wildman–Crippen LogP) is 3.03. The van der Waals surface area contributed by atoms with Gasteiger partial charge in [0, 0.05) is 25.2 Å². The van der Waals surface area contributed by atoms with Crippen LogP contribution in [0.5, 0.6) is 0 Å². The van der Waals surface area contributed by atoms with Gasteiger partial charge in [-0.3, -0.25) is 4.99 Å². The molecule has 0 bridgehead atoms. The van der Waals surface area contributed by atoms with Crippen molar-refractivity contribution < 1.29 is 0 Å². The van der Waals surface area contributed by atoms with Crippen molar-refractivity contribution in [1.82, 2.24) is 10.6 Å². The summed E-state index contributed by atoms with van der Waals surface area (Å²) in [5, 5.41) is 7.20. The molecule has 0 saturated heterocycles. The molecule has 0 radical (unpaired) electrons. The quantitative estimate of drug-likeness (QED) is 0.487. The van der Waals surface area contributed by atoms with E-state index < -0.39 is 0 Å². The summed E-state index contributed by atoms with van der Waals surface area (Å²) in [6, 6.07) is 7.80. The van der Waals surface area contributed by atoms with Crippen LogP contribution >= 0.6 is 35.6 Å². The molecule has 96 valence electrons. The Bertz CT molecular complexity index is 355. The zero-order chi connectivity index (χ0) is 11.8. The number of nitrogens with one attached hydrogen (secondary N) is 2. The normalized spacial score (nSPS) is 10.6. The molecule has 0 heterocycles. The minimum absolute atomic E-state index is 0. The maximum atomic E-state index is 6.05. The number of rotatable bonds is 4. The first-order chi connectivity index (χ1) is 7.77. The molecule has 0 amide bonds. The largest absolute Gasteiger partial charge is 0.356 e. The number of hydrogen-bond donors (Lipinski definition) is 2. The highest BCUT2D eigenvalue weighted by Crippen LogP contribution is 2.13. The second kappa shape index (κ2) is 9.53.